The maximum absolute atomic E-state index is 10.7. The summed E-state index contributed by atoms with van der Waals surface area (Å²) in [6, 6.07) is 0. The van der Waals surface area contributed by atoms with Gasteiger partial charge in [-0.2, -0.15) is 5.53 Å². The van der Waals surface area contributed by atoms with E-state index in [0.29, 0.717) is 5.75 Å². The highest BCUT2D eigenvalue weighted by Gasteiger charge is 2.14. The van der Waals surface area contributed by atoms with Crippen LogP contribution in [0.3, 0.4) is 0 Å². The quantitative estimate of drug-likeness (QED) is 0.472. The minimum atomic E-state index is -0.191. The first kappa shape index (κ1) is 8.79. The second-order valence-corrected chi connectivity index (χ2v) is 3.22. The highest BCUT2D eigenvalue weighted by Crippen LogP contribution is 2.07. The zero-order chi connectivity index (χ0) is 8.10. The lowest BCUT2D eigenvalue weighted by molar-refractivity contribution is -0.137. The second-order valence-electron chi connectivity index (χ2n) is 2.03. The van der Waals surface area contributed by atoms with Crippen LogP contribution in [0.1, 0.15) is 0 Å². The maximum atomic E-state index is 10.7. The number of nitrogens with one attached hydrogen (secondary N) is 3. The van der Waals surface area contributed by atoms with Crippen LogP contribution in [0.2, 0.25) is 0 Å². The van der Waals surface area contributed by atoms with E-state index in [2.05, 4.69) is 21.1 Å². The van der Waals surface area contributed by atoms with Gasteiger partial charge < -0.3 is 4.74 Å². The minimum Gasteiger partial charge on any atom is -0.468 e. The average Bonchev–Trinajstić information content (AvgIpc) is 2.52. The van der Waals surface area contributed by atoms with Gasteiger partial charge in [-0.3, -0.25) is 4.79 Å². The lowest BCUT2D eigenvalue weighted by Gasteiger charge is -2.05. The Morgan fingerprint density at radius 3 is 3.18 bits per heavy atom. The van der Waals surface area contributed by atoms with Crippen LogP contribution in [-0.2, 0) is 9.53 Å². The highest BCUT2D eigenvalue weighted by atomic mass is 32.2. The van der Waals surface area contributed by atoms with E-state index in [1.165, 1.54) is 18.9 Å². The topological polar surface area (TPSA) is 62.4 Å². The monoisotopic (exact) mass is 177 g/mol. The van der Waals surface area contributed by atoms with Crippen LogP contribution in [0.5, 0.6) is 0 Å². The molecular formula is C5H11N3O2S. The molecule has 0 spiro atoms. The number of esters is 1. The van der Waals surface area contributed by atoms with Crippen LogP contribution in [0, 0.1) is 0 Å². The molecule has 64 valence electrons. The van der Waals surface area contributed by atoms with Gasteiger partial charge in [0.15, 0.2) is 0 Å². The molecule has 0 saturated carbocycles. The van der Waals surface area contributed by atoms with E-state index >= 15 is 0 Å². The molecule has 0 amide bonds. The first-order valence-corrected chi connectivity index (χ1v) is 4.29. The molecule has 1 rings (SSSR count). The molecule has 1 saturated heterocycles. The van der Waals surface area contributed by atoms with Crippen molar-refractivity contribution in [3.8, 4) is 0 Å². The third-order valence-electron chi connectivity index (χ3n) is 1.24. The molecule has 0 radical (unpaired) electrons. The summed E-state index contributed by atoms with van der Waals surface area (Å²) in [6.07, 6.45) is 0. The Labute approximate surface area is 69.2 Å². The Kier molecular flexibility index (Phi) is 3.64. The first-order valence-electron chi connectivity index (χ1n) is 3.24. The number of rotatable bonds is 3. The molecule has 1 fully saturated rings. The Hall–Kier alpha value is -0.300. The van der Waals surface area contributed by atoms with Gasteiger partial charge >= 0.3 is 5.97 Å². The molecule has 0 aromatic carbocycles. The maximum Gasteiger partial charge on any atom is 0.315 e. The van der Waals surface area contributed by atoms with Gasteiger partial charge in [0.25, 0.3) is 0 Å². The highest BCUT2D eigenvalue weighted by molar-refractivity contribution is 8.00. The Morgan fingerprint density at radius 2 is 2.64 bits per heavy atom. The average molecular weight is 177 g/mol. The summed E-state index contributed by atoms with van der Waals surface area (Å²) in [4.78, 5) is 10.7. The van der Waals surface area contributed by atoms with Crippen LogP contribution >= 0.6 is 11.8 Å². The third kappa shape index (κ3) is 3.06. The molecule has 0 aromatic rings. The van der Waals surface area contributed by atoms with Crippen LogP contribution in [0.25, 0.3) is 0 Å². The zero-order valence-electron chi connectivity index (χ0n) is 6.22. The normalized spacial score (nSPS) is 23.5. The number of carbonyl (C=O) groups excluding carboxylic acids is 1. The largest absolute Gasteiger partial charge is 0.468 e. The van der Waals surface area contributed by atoms with Crippen molar-refractivity contribution in [2.75, 3.05) is 19.4 Å². The number of thioether (sulfide) groups is 1. The molecule has 1 atom stereocenters. The fourth-order valence-electron chi connectivity index (χ4n) is 0.654. The predicted octanol–water partition coefficient (Wildman–Crippen LogP) is -1.17. The van der Waals surface area contributed by atoms with E-state index in [9.17, 15) is 4.79 Å². The Balaban J connectivity index is 2.06. The molecule has 1 aliphatic heterocycles. The van der Waals surface area contributed by atoms with Crippen molar-refractivity contribution in [3.05, 3.63) is 0 Å². The second kappa shape index (κ2) is 4.55. The molecular weight excluding hydrogens is 166 g/mol. The van der Waals surface area contributed by atoms with E-state index in [0.717, 1.165) is 6.54 Å². The fourth-order valence-corrected chi connectivity index (χ4v) is 1.45. The fraction of sp³-hybridized carbons (Fsp3) is 0.800. The summed E-state index contributed by atoms with van der Waals surface area (Å²) in [5.41, 5.74) is 8.55. The summed E-state index contributed by atoms with van der Waals surface area (Å²) < 4.78 is 4.48. The van der Waals surface area contributed by atoms with Gasteiger partial charge in [0.2, 0.25) is 0 Å². The van der Waals surface area contributed by atoms with Crippen molar-refractivity contribution < 1.29 is 9.53 Å². The summed E-state index contributed by atoms with van der Waals surface area (Å²) in [6.45, 7) is 0.807. The molecule has 5 nitrogen and oxygen atoms in total. The van der Waals surface area contributed by atoms with Crippen molar-refractivity contribution in [2.45, 2.75) is 5.37 Å². The summed E-state index contributed by atoms with van der Waals surface area (Å²) >= 11 is 1.51. The third-order valence-corrected chi connectivity index (χ3v) is 2.33. The smallest absolute Gasteiger partial charge is 0.315 e. The van der Waals surface area contributed by atoms with Gasteiger partial charge in [0.1, 0.15) is 0 Å². The van der Waals surface area contributed by atoms with Crippen molar-refractivity contribution in [3.63, 3.8) is 0 Å². The first-order chi connectivity index (χ1) is 5.33. The standard InChI is InChI=1S/C5H11N3O2S/c1-10-5(9)3-11-4-2-6-8-7-4/h4,6-8H,2-3H2,1H3. The minimum absolute atomic E-state index is 0.191. The molecule has 1 heterocycles. The lowest BCUT2D eigenvalue weighted by atomic mass is 10.7. The predicted molar refractivity (Wildman–Crippen MR) is 42.5 cm³/mol. The molecule has 1 unspecified atom stereocenters. The van der Waals surface area contributed by atoms with E-state index in [1.54, 1.807) is 0 Å². The van der Waals surface area contributed by atoms with Gasteiger partial charge in [-0.25, -0.2) is 10.9 Å². The van der Waals surface area contributed by atoms with E-state index in [4.69, 9.17) is 0 Å². The molecule has 6 heteroatoms. The van der Waals surface area contributed by atoms with E-state index < -0.39 is 0 Å². The number of ether oxygens (including phenoxy) is 1. The summed E-state index contributed by atoms with van der Waals surface area (Å²) in [5, 5.41) is 0.245. The van der Waals surface area contributed by atoms with Gasteiger partial charge in [-0.05, 0) is 0 Å². The SMILES string of the molecule is COC(=O)CSC1CNNN1. The Morgan fingerprint density at radius 1 is 1.82 bits per heavy atom. The lowest BCUT2D eigenvalue weighted by Crippen LogP contribution is -2.32. The Bertz CT molecular complexity index is 138. The van der Waals surface area contributed by atoms with Crippen molar-refractivity contribution in [1.82, 2.24) is 16.4 Å². The summed E-state index contributed by atoms with van der Waals surface area (Å²) in [5.74, 6) is 0.195. The number of hydrogen-bond donors (Lipinski definition) is 3. The molecule has 3 N–H and O–H groups in total. The number of hydrogen-bond acceptors (Lipinski definition) is 6. The van der Waals surface area contributed by atoms with Crippen molar-refractivity contribution >= 4 is 17.7 Å². The van der Waals surface area contributed by atoms with Gasteiger partial charge in [0, 0.05) is 6.54 Å². The molecule has 11 heavy (non-hydrogen) atoms. The number of hydrazine groups is 2. The van der Waals surface area contributed by atoms with Gasteiger partial charge in [-0.15, -0.1) is 11.8 Å². The van der Waals surface area contributed by atoms with Gasteiger partial charge in [-0.1, -0.05) is 0 Å². The van der Waals surface area contributed by atoms with E-state index in [-0.39, 0.29) is 11.3 Å². The molecule has 0 aliphatic carbocycles. The van der Waals surface area contributed by atoms with Crippen molar-refractivity contribution in [1.29, 1.82) is 0 Å². The number of methoxy groups -OCH3 is 1. The number of carbonyl (C=O) groups is 1. The van der Waals surface area contributed by atoms with Crippen LogP contribution in [0.15, 0.2) is 0 Å². The van der Waals surface area contributed by atoms with Crippen molar-refractivity contribution in [2.24, 2.45) is 0 Å². The van der Waals surface area contributed by atoms with Crippen LogP contribution in [0.4, 0.5) is 0 Å². The zero-order valence-corrected chi connectivity index (χ0v) is 7.03. The molecule has 0 bridgehead atoms. The van der Waals surface area contributed by atoms with E-state index in [1.807, 2.05) is 0 Å². The molecule has 0 aromatic heterocycles. The van der Waals surface area contributed by atoms with Crippen LogP contribution < -0.4 is 16.4 Å². The summed E-state index contributed by atoms with van der Waals surface area (Å²) in [7, 11) is 1.39. The van der Waals surface area contributed by atoms with Crippen LogP contribution in [-0.4, -0.2) is 30.8 Å². The molecule has 1 aliphatic rings. The van der Waals surface area contributed by atoms with Gasteiger partial charge in [0.05, 0.1) is 18.2 Å².